The van der Waals surface area contributed by atoms with Crippen molar-refractivity contribution in [3.8, 4) is 17.0 Å². The van der Waals surface area contributed by atoms with E-state index in [1.807, 2.05) is 42.5 Å². The van der Waals surface area contributed by atoms with E-state index in [-0.39, 0.29) is 11.9 Å². The van der Waals surface area contributed by atoms with Crippen molar-refractivity contribution >= 4 is 28.4 Å². The van der Waals surface area contributed by atoms with E-state index in [0.717, 1.165) is 79.2 Å². The molecule has 2 saturated heterocycles. The number of nitrogens with one attached hydrogen (secondary N) is 2. The van der Waals surface area contributed by atoms with Gasteiger partial charge in [0, 0.05) is 43.6 Å². The number of carbonyl (C=O) groups excluding carboxylic acids is 1. The Kier molecular flexibility index (Phi) is 7.63. The predicted molar refractivity (Wildman–Crippen MR) is 156 cm³/mol. The largest absolute Gasteiger partial charge is 0.496 e. The number of rotatable bonds is 7. The molecule has 2 aliphatic heterocycles. The van der Waals surface area contributed by atoms with E-state index in [9.17, 15) is 4.79 Å². The molecule has 40 heavy (non-hydrogen) atoms. The van der Waals surface area contributed by atoms with E-state index < -0.39 is 0 Å². The second-order valence-corrected chi connectivity index (χ2v) is 10.4. The molecule has 0 radical (unpaired) electrons. The summed E-state index contributed by atoms with van der Waals surface area (Å²) >= 11 is 0. The summed E-state index contributed by atoms with van der Waals surface area (Å²) in [5.74, 6) is 1.25. The van der Waals surface area contributed by atoms with E-state index in [1.165, 1.54) is 0 Å². The number of amides is 1. The molecule has 4 heterocycles. The summed E-state index contributed by atoms with van der Waals surface area (Å²) in [6.07, 6.45) is 3.76. The van der Waals surface area contributed by atoms with Gasteiger partial charge in [-0.15, -0.1) is 0 Å². The standard InChI is InChI=1S/C30H35N7O3/c1-39-27-9-4-20(17-36-10-2-3-22(31)18-36)15-24(27)30(38)34-23-7-5-21(6-8-23)26-16-25-28(35-26)32-19-33-29(25)37-11-13-40-14-12-37/h4-9,15-16,19,22H,2-3,10-14,17-18,31H2,1H3,(H,34,38)(H,32,33,35)/t22-/m1/s1. The number of hydrogen-bond acceptors (Lipinski definition) is 8. The first-order valence-electron chi connectivity index (χ1n) is 13.8. The van der Waals surface area contributed by atoms with Gasteiger partial charge in [-0.1, -0.05) is 18.2 Å². The topological polar surface area (TPSA) is 122 Å². The molecule has 10 nitrogen and oxygen atoms in total. The van der Waals surface area contributed by atoms with Gasteiger partial charge in [0.1, 0.15) is 23.5 Å². The molecule has 208 valence electrons. The number of aromatic amines is 1. The van der Waals surface area contributed by atoms with Crippen LogP contribution in [-0.2, 0) is 11.3 Å². The van der Waals surface area contributed by atoms with Crippen LogP contribution in [0, 0.1) is 0 Å². The van der Waals surface area contributed by atoms with Crippen LogP contribution in [0.15, 0.2) is 54.9 Å². The third-order valence-corrected chi connectivity index (χ3v) is 7.63. The lowest BCUT2D eigenvalue weighted by Crippen LogP contribution is -2.42. The number of nitrogens with two attached hydrogens (primary N) is 1. The van der Waals surface area contributed by atoms with Crippen LogP contribution in [0.5, 0.6) is 5.75 Å². The number of fused-ring (bicyclic) bond motifs is 1. The van der Waals surface area contributed by atoms with Gasteiger partial charge in [0.05, 0.1) is 31.3 Å². The minimum absolute atomic E-state index is 0.210. The maximum atomic E-state index is 13.3. The summed E-state index contributed by atoms with van der Waals surface area (Å²) in [4.78, 5) is 30.3. The molecule has 2 aliphatic rings. The molecule has 10 heteroatoms. The fourth-order valence-electron chi connectivity index (χ4n) is 5.57. The first-order chi connectivity index (χ1) is 19.6. The van der Waals surface area contributed by atoms with Gasteiger partial charge in [0.15, 0.2) is 0 Å². The van der Waals surface area contributed by atoms with Crippen LogP contribution in [0.25, 0.3) is 22.3 Å². The van der Waals surface area contributed by atoms with Gasteiger partial charge >= 0.3 is 0 Å². The lowest BCUT2D eigenvalue weighted by atomic mass is 10.0. The number of H-pyrrole nitrogens is 1. The van der Waals surface area contributed by atoms with Gasteiger partial charge in [-0.2, -0.15) is 0 Å². The van der Waals surface area contributed by atoms with Gasteiger partial charge in [-0.25, -0.2) is 9.97 Å². The van der Waals surface area contributed by atoms with E-state index in [1.54, 1.807) is 13.4 Å². The number of carbonyl (C=O) groups is 1. The van der Waals surface area contributed by atoms with Crippen LogP contribution >= 0.6 is 0 Å². The zero-order chi connectivity index (χ0) is 27.5. The molecule has 0 bridgehead atoms. The minimum atomic E-state index is -0.210. The van der Waals surface area contributed by atoms with Crippen molar-refractivity contribution < 1.29 is 14.3 Å². The normalized spacial score (nSPS) is 18.1. The van der Waals surface area contributed by atoms with Crippen molar-refractivity contribution in [3.05, 3.63) is 66.0 Å². The fourth-order valence-corrected chi connectivity index (χ4v) is 5.57. The minimum Gasteiger partial charge on any atom is -0.496 e. The van der Waals surface area contributed by atoms with Crippen LogP contribution in [0.3, 0.4) is 0 Å². The summed E-state index contributed by atoms with van der Waals surface area (Å²) in [6, 6.07) is 15.9. The SMILES string of the molecule is COc1ccc(CN2CCC[C@@H](N)C2)cc1C(=O)Nc1ccc(-c2cc3c(N4CCOCC4)ncnc3[nH]2)cc1. The van der Waals surface area contributed by atoms with Gasteiger partial charge in [0.2, 0.25) is 0 Å². The number of likely N-dealkylation sites (tertiary alicyclic amines) is 1. The summed E-state index contributed by atoms with van der Waals surface area (Å²) in [7, 11) is 1.58. The van der Waals surface area contributed by atoms with E-state index in [0.29, 0.717) is 30.2 Å². The molecule has 0 saturated carbocycles. The Morgan fingerprint density at radius 1 is 1.12 bits per heavy atom. The van der Waals surface area contributed by atoms with Crippen molar-refractivity contribution in [2.75, 3.05) is 56.7 Å². The number of benzene rings is 2. The van der Waals surface area contributed by atoms with Gasteiger partial charge in [-0.3, -0.25) is 9.69 Å². The number of ether oxygens (including phenoxy) is 2. The van der Waals surface area contributed by atoms with E-state index in [4.69, 9.17) is 15.2 Å². The molecule has 4 aromatic rings. The lowest BCUT2D eigenvalue weighted by Gasteiger charge is -2.30. The molecule has 1 atom stereocenters. The molecule has 0 aliphatic carbocycles. The summed E-state index contributed by atoms with van der Waals surface area (Å²) in [5.41, 5.74) is 11.2. The molecule has 2 aromatic heterocycles. The highest BCUT2D eigenvalue weighted by Gasteiger charge is 2.20. The molecular formula is C30H35N7O3. The predicted octanol–water partition coefficient (Wildman–Crippen LogP) is 3.65. The lowest BCUT2D eigenvalue weighted by molar-refractivity contribution is 0.102. The van der Waals surface area contributed by atoms with Gasteiger partial charge in [0.25, 0.3) is 5.91 Å². The molecule has 1 amide bonds. The number of morpholine rings is 1. The molecule has 0 unspecified atom stereocenters. The molecular weight excluding hydrogens is 506 g/mol. The number of anilines is 2. The monoisotopic (exact) mass is 541 g/mol. The Balaban J connectivity index is 1.17. The van der Waals surface area contributed by atoms with Crippen molar-refractivity contribution in [2.45, 2.75) is 25.4 Å². The fraction of sp³-hybridized carbons (Fsp3) is 0.367. The Hall–Kier alpha value is -3.99. The van der Waals surface area contributed by atoms with Crippen molar-refractivity contribution in [1.29, 1.82) is 0 Å². The number of methoxy groups -OCH3 is 1. The van der Waals surface area contributed by atoms with Crippen LogP contribution in [0.2, 0.25) is 0 Å². The van der Waals surface area contributed by atoms with Crippen LogP contribution in [0.1, 0.15) is 28.8 Å². The molecule has 6 rings (SSSR count). The Labute approximate surface area is 233 Å². The third-order valence-electron chi connectivity index (χ3n) is 7.63. The number of hydrogen-bond donors (Lipinski definition) is 3. The average Bonchev–Trinajstić information content (AvgIpc) is 3.43. The van der Waals surface area contributed by atoms with Crippen LogP contribution in [-0.4, -0.2) is 78.3 Å². The Morgan fingerprint density at radius 3 is 2.73 bits per heavy atom. The zero-order valence-electron chi connectivity index (χ0n) is 22.7. The summed E-state index contributed by atoms with van der Waals surface area (Å²) < 4.78 is 11.0. The first-order valence-corrected chi connectivity index (χ1v) is 13.8. The molecule has 0 spiro atoms. The number of piperidine rings is 1. The number of nitrogens with zero attached hydrogens (tertiary/aromatic N) is 4. The Morgan fingerprint density at radius 2 is 1.95 bits per heavy atom. The zero-order valence-corrected chi connectivity index (χ0v) is 22.7. The summed E-state index contributed by atoms with van der Waals surface area (Å²) in [6.45, 7) is 5.65. The van der Waals surface area contributed by atoms with Crippen LogP contribution < -0.4 is 20.7 Å². The highest BCUT2D eigenvalue weighted by atomic mass is 16.5. The molecule has 2 aromatic carbocycles. The second-order valence-electron chi connectivity index (χ2n) is 10.4. The first kappa shape index (κ1) is 26.2. The maximum Gasteiger partial charge on any atom is 0.259 e. The third kappa shape index (κ3) is 5.65. The average molecular weight is 542 g/mol. The van der Waals surface area contributed by atoms with Gasteiger partial charge < -0.3 is 30.4 Å². The highest BCUT2D eigenvalue weighted by molar-refractivity contribution is 6.06. The highest BCUT2D eigenvalue weighted by Crippen LogP contribution is 2.30. The Bertz CT molecular complexity index is 1480. The molecule has 4 N–H and O–H groups in total. The van der Waals surface area contributed by atoms with E-state index in [2.05, 4.69) is 36.1 Å². The smallest absolute Gasteiger partial charge is 0.259 e. The van der Waals surface area contributed by atoms with Gasteiger partial charge in [-0.05, 0) is 60.8 Å². The molecule has 2 fully saturated rings. The van der Waals surface area contributed by atoms with E-state index >= 15 is 0 Å². The quantitative estimate of drug-likeness (QED) is 0.324. The van der Waals surface area contributed by atoms with Crippen molar-refractivity contribution in [3.63, 3.8) is 0 Å². The summed E-state index contributed by atoms with van der Waals surface area (Å²) in [5, 5.41) is 4.01. The second kappa shape index (κ2) is 11.6. The maximum absolute atomic E-state index is 13.3. The van der Waals surface area contributed by atoms with Crippen molar-refractivity contribution in [2.24, 2.45) is 5.73 Å². The van der Waals surface area contributed by atoms with Crippen LogP contribution in [0.4, 0.5) is 11.5 Å². The van der Waals surface area contributed by atoms with Crippen molar-refractivity contribution in [1.82, 2.24) is 19.9 Å². The number of aromatic nitrogens is 3.